The molecule has 0 bridgehead atoms. The van der Waals surface area contributed by atoms with Gasteiger partial charge < -0.3 is 10.0 Å². The number of halogens is 3. The van der Waals surface area contributed by atoms with E-state index < -0.39 is 18.6 Å². The number of carbonyl (C=O) groups is 1. The minimum atomic E-state index is -4.42. The highest BCUT2D eigenvalue weighted by Gasteiger charge is 2.33. The standard InChI is InChI=1S/C13H14F3NO2S/c1-2-7-17(9-13(14,15)16)12(19)11-6-5-10(20-11)4-3-8-18/h5-6,18H,2,7-9H2,1H3. The first-order valence-corrected chi connectivity index (χ1v) is 6.74. The van der Waals surface area contributed by atoms with E-state index >= 15 is 0 Å². The van der Waals surface area contributed by atoms with Gasteiger partial charge in [-0.2, -0.15) is 13.2 Å². The summed E-state index contributed by atoms with van der Waals surface area (Å²) < 4.78 is 37.3. The van der Waals surface area contributed by atoms with Crippen molar-refractivity contribution in [3.05, 3.63) is 21.9 Å². The lowest BCUT2D eigenvalue weighted by Gasteiger charge is -2.22. The van der Waals surface area contributed by atoms with Crippen molar-refractivity contribution in [2.45, 2.75) is 19.5 Å². The molecule has 0 aliphatic heterocycles. The van der Waals surface area contributed by atoms with Crippen LogP contribution in [0.15, 0.2) is 12.1 Å². The molecule has 0 fully saturated rings. The highest BCUT2D eigenvalue weighted by molar-refractivity contribution is 7.14. The third kappa shape index (κ3) is 5.23. The van der Waals surface area contributed by atoms with Crippen molar-refractivity contribution in [3.8, 4) is 11.8 Å². The van der Waals surface area contributed by atoms with Gasteiger partial charge in [-0.25, -0.2) is 0 Å². The van der Waals surface area contributed by atoms with Gasteiger partial charge in [-0.1, -0.05) is 18.8 Å². The van der Waals surface area contributed by atoms with Gasteiger partial charge in [0.1, 0.15) is 13.2 Å². The monoisotopic (exact) mass is 305 g/mol. The third-order valence-electron chi connectivity index (χ3n) is 2.26. The Hall–Kier alpha value is -1.52. The second kappa shape index (κ2) is 7.31. The molecule has 0 aromatic carbocycles. The number of amides is 1. The zero-order valence-electron chi connectivity index (χ0n) is 10.8. The van der Waals surface area contributed by atoms with Crippen LogP contribution >= 0.6 is 11.3 Å². The van der Waals surface area contributed by atoms with Crippen LogP contribution in [-0.4, -0.2) is 41.8 Å². The van der Waals surface area contributed by atoms with Gasteiger partial charge in [0.05, 0.1) is 9.75 Å². The highest BCUT2D eigenvalue weighted by atomic mass is 32.1. The molecule has 0 unspecified atom stereocenters. The molecule has 0 aliphatic carbocycles. The second-order valence-corrected chi connectivity index (χ2v) is 5.05. The lowest BCUT2D eigenvalue weighted by molar-refractivity contribution is -0.140. The van der Waals surface area contributed by atoms with Crippen molar-refractivity contribution in [1.82, 2.24) is 4.90 Å². The molecular weight excluding hydrogens is 291 g/mol. The fourth-order valence-corrected chi connectivity index (χ4v) is 2.39. The molecule has 20 heavy (non-hydrogen) atoms. The zero-order valence-corrected chi connectivity index (χ0v) is 11.6. The Kier molecular flexibility index (Phi) is 6.05. The first-order valence-electron chi connectivity index (χ1n) is 5.93. The number of carbonyl (C=O) groups excluding carboxylic acids is 1. The minimum Gasteiger partial charge on any atom is -0.384 e. The highest BCUT2D eigenvalue weighted by Crippen LogP contribution is 2.21. The van der Waals surface area contributed by atoms with Crippen molar-refractivity contribution in [2.24, 2.45) is 0 Å². The summed E-state index contributed by atoms with van der Waals surface area (Å²) in [7, 11) is 0. The summed E-state index contributed by atoms with van der Waals surface area (Å²) in [5.74, 6) is 4.39. The molecule has 110 valence electrons. The van der Waals surface area contributed by atoms with Gasteiger partial charge in [0.25, 0.3) is 5.91 Å². The number of hydrogen-bond acceptors (Lipinski definition) is 3. The van der Waals surface area contributed by atoms with E-state index in [1.165, 1.54) is 6.07 Å². The molecule has 3 nitrogen and oxygen atoms in total. The van der Waals surface area contributed by atoms with E-state index in [0.29, 0.717) is 11.3 Å². The van der Waals surface area contributed by atoms with E-state index in [4.69, 9.17) is 5.11 Å². The van der Waals surface area contributed by atoms with Crippen molar-refractivity contribution in [1.29, 1.82) is 0 Å². The number of hydrogen-bond donors (Lipinski definition) is 1. The fourth-order valence-electron chi connectivity index (χ4n) is 1.54. The maximum atomic E-state index is 12.4. The quantitative estimate of drug-likeness (QED) is 0.868. The van der Waals surface area contributed by atoms with Gasteiger partial charge in [-0.05, 0) is 18.6 Å². The molecule has 1 aromatic heterocycles. The molecule has 0 radical (unpaired) electrons. The van der Waals surface area contributed by atoms with Gasteiger partial charge in [-0.15, -0.1) is 11.3 Å². The van der Waals surface area contributed by atoms with Crippen molar-refractivity contribution >= 4 is 17.2 Å². The van der Waals surface area contributed by atoms with Crippen molar-refractivity contribution in [2.75, 3.05) is 19.7 Å². The molecule has 1 N–H and O–H groups in total. The molecule has 0 saturated carbocycles. The number of aliphatic hydroxyl groups is 1. The van der Waals surface area contributed by atoms with Crippen LogP contribution in [0.4, 0.5) is 13.2 Å². The van der Waals surface area contributed by atoms with E-state index in [2.05, 4.69) is 11.8 Å². The third-order valence-corrected chi connectivity index (χ3v) is 3.25. The Morgan fingerprint density at radius 1 is 1.45 bits per heavy atom. The molecule has 0 atom stereocenters. The fraction of sp³-hybridized carbons (Fsp3) is 0.462. The Balaban J connectivity index is 2.86. The molecule has 0 spiro atoms. The van der Waals surface area contributed by atoms with Crippen LogP contribution in [0.5, 0.6) is 0 Å². The van der Waals surface area contributed by atoms with E-state index in [0.717, 1.165) is 16.2 Å². The molecule has 1 rings (SSSR count). The molecule has 7 heteroatoms. The summed E-state index contributed by atoms with van der Waals surface area (Å²) in [5.41, 5.74) is 0. The van der Waals surface area contributed by atoms with Crippen molar-refractivity contribution < 1.29 is 23.1 Å². The summed E-state index contributed by atoms with van der Waals surface area (Å²) in [4.78, 5) is 13.6. The van der Waals surface area contributed by atoms with Gasteiger partial charge in [-0.3, -0.25) is 4.79 Å². The van der Waals surface area contributed by atoms with Crippen molar-refractivity contribution in [3.63, 3.8) is 0 Å². The number of alkyl halides is 3. The normalized spacial score (nSPS) is 10.8. The second-order valence-electron chi connectivity index (χ2n) is 3.97. The lowest BCUT2D eigenvalue weighted by Crippen LogP contribution is -2.39. The predicted octanol–water partition coefficient (Wildman–Crippen LogP) is 2.51. The molecular formula is C13H14F3NO2S. The summed E-state index contributed by atoms with van der Waals surface area (Å²) in [5, 5.41) is 8.56. The lowest BCUT2D eigenvalue weighted by atomic mass is 10.3. The SMILES string of the molecule is CCCN(CC(F)(F)F)C(=O)c1ccc(C#CCO)s1. The topological polar surface area (TPSA) is 40.5 Å². The maximum absolute atomic E-state index is 12.4. The number of thiophene rings is 1. The summed E-state index contributed by atoms with van der Waals surface area (Å²) in [6.07, 6.45) is -3.97. The van der Waals surface area contributed by atoms with Gasteiger partial charge >= 0.3 is 6.18 Å². The summed E-state index contributed by atoms with van der Waals surface area (Å²) in [6, 6.07) is 3.01. The molecule has 1 aromatic rings. The Morgan fingerprint density at radius 2 is 2.15 bits per heavy atom. The molecule has 0 saturated heterocycles. The molecule has 1 heterocycles. The van der Waals surface area contributed by atoms with Crippen LogP contribution in [0, 0.1) is 11.8 Å². The first kappa shape index (κ1) is 16.5. The number of rotatable bonds is 4. The summed E-state index contributed by atoms with van der Waals surface area (Å²) >= 11 is 1.02. The van der Waals surface area contributed by atoms with Crippen LogP contribution < -0.4 is 0 Å². The Morgan fingerprint density at radius 3 is 2.70 bits per heavy atom. The van der Waals surface area contributed by atoms with Crippen LogP contribution in [0.3, 0.4) is 0 Å². The number of aliphatic hydroxyl groups excluding tert-OH is 1. The van der Waals surface area contributed by atoms with Gasteiger partial charge in [0, 0.05) is 6.54 Å². The average molecular weight is 305 g/mol. The minimum absolute atomic E-state index is 0.0495. The largest absolute Gasteiger partial charge is 0.406 e. The first-order chi connectivity index (χ1) is 9.37. The van der Waals surface area contributed by atoms with Gasteiger partial charge in [0.2, 0.25) is 0 Å². The van der Waals surface area contributed by atoms with E-state index in [1.807, 2.05) is 0 Å². The Labute approximate surface area is 119 Å². The molecule has 1 amide bonds. The van der Waals surface area contributed by atoms with Crippen LogP contribution in [-0.2, 0) is 0 Å². The average Bonchev–Trinajstić information content (AvgIpc) is 2.82. The van der Waals surface area contributed by atoms with E-state index in [-0.39, 0.29) is 18.0 Å². The Bertz CT molecular complexity index is 514. The summed E-state index contributed by atoms with van der Waals surface area (Å²) in [6.45, 7) is 0.198. The van der Waals surface area contributed by atoms with Gasteiger partial charge in [0.15, 0.2) is 0 Å². The smallest absolute Gasteiger partial charge is 0.384 e. The number of nitrogens with zero attached hydrogens (tertiary/aromatic N) is 1. The van der Waals surface area contributed by atoms with Crippen LogP contribution in [0.1, 0.15) is 27.9 Å². The molecule has 0 aliphatic rings. The maximum Gasteiger partial charge on any atom is 0.406 e. The predicted molar refractivity (Wildman–Crippen MR) is 70.5 cm³/mol. The van der Waals surface area contributed by atoms with E-state index in [9.17, 15) is 18.0 Å². The van der Waals surface area contributed by atoms with Crippen LogP contribution in [0.25, 0.3) is 0 Å². The van der Waals surface area contributed by atoms with E-state index in [1.54, 1.807) is 13.0 Å². The van der Waals surface area contributed by atoms with Crippen LogP contribution in [0.2, 0.25) is 0 Å². The zero-order chi connectivity index (χ0) is 15.2.